The zero-order chi connectivity index (χ0) is 12.5. The third-order valence-electron chi connectivity index (χ3n) is 3.79. The van der Waals surface area contributed by atoms with Crippen LogP contribution in [0.2, 0.25) is 0 Å². The Morgan fingerprint density at radius 2 is 1.74 bits per heavy atom. The molecule has 0 saturated carbocycles. The van der Waals surface area contributed by atoms with Crippen molar-refractivity contribution in [3.05, 3.63) is 72.2 Å². The molecule has 1 aliphatic rings. The summed E-state index contributed by atoms with van der Waals surface area (Å²) < 4.78 is 0. The molecule has 0 aromatic heterocycles. The molecule has 1 aliphatic carbocycles. The number of benzene rings is 2. The maximum atomic E-state index is 4.30. The summed E-state index contributed by atoms with van der Waals surface area (Å²) in [6.45, 7) is 6.50. The van der Waals surface area contributed by atoms with Crippen molar-refractivity contribution in [3.63, 3.8) is 0 Å². The number of allylic oxidation sites excluding steroid dienone is 1. The standard InChI is InChI=1S/C18H17.Zr/c1-3-14-12-18-16(13(14)2)10-7-11-17(18)15-8-5-4-6-9-15;/h4-13H,2-3H2,1H3;/q-1;. The van der Waals surface area contributed by atoms with E-state index in [1.54, 1.807) is 0 Å². The predicted octanol–water partition coefficient (Wildman–Crippen LogP) is 5.08. The van der Waals surface area contributed by atoms with Gasteiger partial charge in [-0.2, -0.15) is 0 Å². The first-order valence-corrected chi connectivity index (χ1v) is 6.53. The van der Waals surface area contributed by atoms with E-state index in [9.17, 15) is 0 Å². The Hall–Kier alpha value is -0.937. The molecule has 0 aliphatic heterocycles. The minimum absolute atomic E-state index is 0. The van der Waals surface area contributed by atoms with Crippen LogP contribution < -0.4 is 0 Å². The van der Waals surface area contributed by atoms with Gasteiger partial charge in [0.1, 0.15) is 0 Å². The van der Waals surface area contributed by atoms with E-state index in [4.69, 9.17) is 0 Å². The maximum absolute atomic E-state index is 4.30. The molecule has 0 heterocycles. The Morgan fingerprint density at radius 3 is 2.42 bits per heavy atom. The van der Waals surface area contributed by atoms with E-state index in [2.05, 4.69) is 68.5 Å². The zero-order valence-electron chi connectivity index (χ0n) is 11.2. The largest absolute Gasteiger partial charge is 0.332 e. The maximum Gasteiger partial charge on any atom is 0 e. The van der Waals surface area contributed by atoms with Crippen LogP contribution in [0.4, 0.5) is 0 Å². The van der Waals surface area contributed by atoms with Crippen LogP contribution in [0.25, 0.3) is 17.2 Å². The summed E-state index contributed by atoms with van der Waals surface area (Å²) in [5.41, 5.74) is 6.78. The van der Waals surface area contributed by atoms with Crippen LogP contribution in [-0.2, 0) is 26.2 Å². The molecule has 0 fully saturated rings. The second kappa shape index (κ2) is 6.01. The van der Waals surface area contributed by atoms with Crippen molar-refractivity contribution in [3.8, 4) is 11.1 Å². The van der Waals surface area contributed by atoms with Crippen molar-refractivity contribution in [2.24, 2.45) is 0 Å². The first-order chi connectivity index (χ1) is 8.81. The van der Waals surface area contributed by atoms with E-state index in [1.165, 1.54) is 27.8 Å². The SMILES string of the molecule is [CH2-]C1C(CC)=Cc2c(-c3ccccc3)cccc21.[Zr]. The zero-order valence-corrected chi connectivity index (χ0v) is 13.6. The average molecular weight is 325 g/mol. The third-order valence-corrected chi connectivity index (χ3v) is 3.79. The second-order valence-electron chi connectivity index (χ2n) is 4.80. The number of hydrogen-bond donors (Lipinski definition) is 0. The molecule has 1 atom stereocenters. The molecular formula is C18H17Zr-. The smallest absolute Gasteiger partial charge is 0 e. The molecule has 2 aromatic carbocycles. The van der Waals surface area contributed by atoms with Crippen LogP contribution in [0.15, 0.2) is 54.1 Å². The van der Waals surface area contributed by atoms with Crippen molar-refractivity contribution in [1.82, 2.24) is 0 Å². The normalized spacial score (nSPS) is 16.5. The van der Waals surface area contributed by atoms with Crippen LogP contribution in [-0.4, -0.2) is 0 Å². The summed E-state index contributed by atoms with van der Waals surface area (Å²) >= 11 is 0. The molecule has 3 rings (SSSR count). The molecule has 0 N–H and O–H groups in total. The number of rotatable bonds is 2. The van der Waals surface area contributed by atoms with E-state index >= 15 is 0 Å². The molecule has 0 radical (unpaired) electrons. The summed E-state index contributed by atoms with van der Waals surface area (Å²) in [4.78, 5) is 0. The Balaban J connectivity index is 0.00000133. The van der Waals surface area contributed by atoms with Crippen molar-refractivity contribution in [2.75, 3.05) is 0 Å². The first kappa shape index (κ1) is 14.5. The second-order valence-corrected chi connectivity index (χ2v) is 4.80. The van der Waals surface area contributed by atoms with Crippen LogP contribution >= 0.6 is 0 Å². The fourth-order valence-electron chi connectivity index (χ4n) is 2.75. The number of fused-ring (bicyclic) bond motifs is 1. The molecule has 2 aromatic rings. The fraction of sp³-hybridized carbons (Fsp3) is 0.167. The molecule has 19 heavy (non-hydrogen) atoms. The summed E-state index contributed by atoms with van der Waals surface area (Å²) in [5, 5.41) is 0. The molecule has 0 spiro atoms. The van der Waals surface area contributed by atoms with Gasteiger partial charge < -0.3 is 6.92 Å². The van der Waals surface area contributed by atoms with Crippen LogP contribution in [0.3, 0.4) is 0 Å². The van der Waals surface area contributed by atoms with Gasteiger partial charge in [0.05, 0.1) is 0 Å². The Kier molecular flexibility index (Phi) is 4.58. The van der Waals surface area contributed by atoms with Crippen LogP contribution in [0, 0.1) is 6.92 Å². The number of hydrogen-bond acceptors (Lipinski definition) is 0. The van der Waals surface area contributed by atoms with E-state index in [1.807, 2.05) is 0 Å². The summed E-state index contributed by atoms with van der Waals surface area (Å²) in [5.74, 6) is 0.327. The fourth-order valence-corrected chi connectivity index (χ4v) is 2.75. The molecule has 1 unspecified atom stereocenters. The van der Waals surface area contributed by atoms with Crippen molar-refractivity contribution in [1.29, 1.82) is 0 Å². The van der Waals surface area contributed by atoms with Gasteiger partial charge in [-0.25, -0.2) is 0 Å². The van der Waals surface area contributed by atoms with E-state index < -0.39 is 0 Å². The average Bonchev–Trinajstić information content (AvgIpc) is 2.77. The van der Waals surface area contributed by atoms with Crippen molar-refractivity contribution < 1.29 is 26.2 Å². The summed E-state index contributed by atoms with van der Waals surface area (Å²) in [6, 6.07) is 17.1. The van der Waals surface area contributed by atoms with E-state index in [0.717, 1.165) is 6.42 Å². The van der Waals surface area contributed by atoms with Gasteiger partial charge in [0.15, 0.2) is 0 Å². The minimum atomic E-state index is 0. The molecule has 1 heteroatoms. The van der Waals surface area contributed by atoms with E-state index in [-0.39, 0.29) is 26.2 Å². The molecule has 0 saturated heterocycles. The Morgan fingerprint density at radius 1 is 1.00 bits per heavy atom. The van der Waals surface area contributed by atoms with E-state index in [0.29, 0.717) is 5.92 Å². The summed E-state index contributed by atoms with van der Waals surface area (Å²) in [6.07, 6.45) is 3.41. The van der Waals surface area contributed by atoms with Gasteiger partial charge in [0.25, 0.3) is 0 Å². The van der Waals surface area contributed by atoms with Gasteiger partial charge in [-0.15, -0.1) is 5.92 Å². The van der Waals surface area contributed by atoms with Crippen molar-refractivity contribution in [2.45, 2.75) is 19.3 Å². The van der Waals surface area contributed by atoms with Gasteiger partial charge in [-0.3, -0.25) is 0 Å². The Labute approximate surface area is 134 Å². The third kappa shape index (κ3) is 2.54. The molecule has 0 nitrogen and oxygen atoms in total. The van der Waals surface area contributed by atoms with Crippen LogP contribution in [0.1, 0.15) is 30.4 Å². The van der Waals surface area contributed by atoms with Gasteiger partial charge in [0.2, 0.25) is 0 Å². The topological polar surface area (TPSA) is 0 Å². The van der Waals surface area contributed by atoms with Gasteiger partial charge in [-0.05, 0) is 23.1 Å². The predicted molar refractivity (Wildman–Crippen MR) is 78.2 cm³/mol. The first-order valence-electron chi connectivity index (χ1n) is 6.53. The Bertz CT molecular complexity index is 596. The molecule has 0 bridgehead atoms. The van der Waals surface area contributed by atoms with Gasteiger partial charge in [-0.1, -0.05) is 72.7 Å². The summed E-state index contributed by atoms with van der Waals surface area (Å²) in [7, 11) is 0. The minimum Gasteiger partial charge on any atom is -0.332 e. The van der Waals surface area contributed by atoms with Gasteiger partial charge >= 0.3 is 0 Å². The van der Waals surface area contributed by atoms with Gasteiger partial charge in [0, 0.05) is 26.2 Å². The molecular weight excluding hydrogens is 307 g/mol. The molecule has 0 amide bonds. The molecule has 94 valence electrons. The monoisotopic (exact) mass is 323 g/mol. The van der Waals surface area contributed by atoms with Crippen molar-refractivity contribution >= 4 is 6.08 Å². The van der Waals surface area contributed by atoms with Crippen LogP contribution in [0.5, 0.6) is 0 Å². The quantitative estimate of drug-likeness (QED) is 0.676.